The first-order chi connectivity index (χ1) is 7.09. The van der Waals surface area contributed by atoms with Crippen LogP contribution in [0, 0.1) is 0 Å². The van der Waals surface area contributed by atoms with Crippen molar-refractivity contribution in [3.8, 4) is 0 Å². The molecule has 1 fully saturated rings. The molecule has 0 radical (unpaired) electrons. The van der Waals surface area contributed by atoms with Gasteiger partial charge in [-0.05, 0) is 20.3 Å². The van der Waals surface area contributed by atoms with E-state index in [1.165, 1.54) is 0 Å². The fourth-order valence-corrected chi connectivity index (χ4v) is 2.08. The van der Waals surface area contributed by atoms with Gasteiger partial charge in [-0.3, -0.25) is 4.90 Å². The summed E-state index contributed by atoms with van der Waals surface area (Å²) in [7, 11) is 0. The third kappa shape index (κ3) is 2.35. The first-order valence-electron chi connectivity index (χ1n) is 5.40. The minimum atomic E-state index is -0.641. The van der Waals surface area contributed by atoms with Crippen molar-refractivity contribution in [2.24, 2.45) is 0 Å². The van der Waals surface area contributed by atoms with Gasteiger partial charge in [0.05, 0.1) is 18.3 Å². The molecule has 0 spiro atoms. The molecule has 0 bridgehead atoms. The Bertz CT molecular complexity index is 311. The summed E-state index contributed by atoms with van der Waals surface area (Å²) in [4.78, 5) is 2.29. The lowest BCUT2D eigenvalue weighted by Crippen LogP contribution is -2.39. The molecule has 1 aliphatic rings. The lowest BCUT2D eigenvalue weighted by molar-refractivity contribution is 0.0251. The summed E-state index contributed by atoms with van der Waals surface area (Å²) in [5.41, 5.74) is -0.641. The van der Waals surface area contributed by atoms with Crippen LogP contribution in [0.3, 0.4) is 0 Å². The molecule has 84 valence electrons. The average Bonchev–Trinajstić information content (AvgIpc) is 2.75. The number of likely N-dealkylation sites (tertiary alicyclic amines) is 1. The Morgan fingerprint density at radius 1 is 1.53 bits per heavy atom. The zero-order valence-corrected chi connectivity index (χ0v) is 9.30. The SMILES string of the molecule is CC(C)N1CCC(O)(Cn2ccnn2)C1. The van der Waals surface area contributed by atoms with E-state index in [-0.39, 0.29) is 0 Å². The van der Waals surface area contributed by atoms with Crippen molar-refractivity contribution in [1.29, 1.82) is 0 Å². The highest BCUT2D eigenvalue weighted by Crippen LogP contribution is 2.24. The Balaban J connectivity index is 1.98. The van der Waals surface area contributed by atoms with Gasteiger partial charge in [-0.1, -0.05) is 5.21 Å². The Labute approximate surface area is 89.7 Å². The van der Waals surface area contributed by atoms with Gasteiger partial charge in [0.1, 0.15) is 0 Å². The van der Waals surface area contributed by atoms with Crippen molar-refractivity contribution >= 4 is 0 Å². The molecule has 1 unspecified atom stereocenters. The van der Waals surface area contributed by atoms with Crippen molar-refractivity contribution in [2.75, 3.05) is 13.1 Å². The molecule has 1 saturated heterocycles. The number of hydrogen-bond acceptors (Lipinski definition) is 4. The molecule has 1 N–H and O–H groups in total. The van der Waals surface area contributed by atoms with Gasteiger partial charge < -0.3 is 5.11 Å². The fraction of sp³-hybridized carbons (Fsp3) is 0.800. The number of aromatic nitrogens is 3. The highest BCUT2D eigenvalue weighted by atomic mass is 16.3. The minimum absolute atomic E-state index is 0.495. The summed E-state index contributed by atoms with van der Waals surface area (Å²) in [6, 6.07) is 0.495. The van der Waals surface area contributed by atoms with Gasteiger partial charge in [0.2, 0.25) is 0 Å². The molecule has 2 heterocycles. The first-order valence-corrected chi connectivity index (χ1v) is 5.40. The maximum atomic E-state index is 10.4. The van der Waals surface area contributed by atoms with Crippen molar-refractivity contribution in [2.45, 2.75) is 38.5 Å². The summed E-state index contributed by atoms with van der Waals surface area (Å²) in [6.07, 6.45) is 4.24. The molecule has 5 nitrogen and oxygen atoms in total. The maximum absolute atomic E-state index is 10.4. The molecule has 15 heavy (non-hydrogen) atoms. The summed E-state index contributed by atoms with van der Waals surface area (Å²) in [5, 5.41) is 18.0. The van der Waals surface area contributed by atoms with Gasteiger partial charge in [0, 0.05) is 25.3 Å². The number of nitrogens with zero attached hydrogens (tertiary/aromatic N) is 4. The lowest BCUT2D eigenvalue weighted by atomic mass is 10.0. The van der Waals surface area contributed by atoms with Crippen molar-refractivity contribution < 1.29 is 5.11 Å². The second kappa shape index (κ2) is 3.90. The third-order valence-corrected chi connectivity index (χ3v) is 3.02. The number of β-amino-alcohol motifs (C(OH)–C–C–N with tert-alkyl or cyclic N) is 1. The highest BCUT2D eigenvalue weighted by Gasteiger charge is 2.37. The van der Waals surface area contributed by atoms with Crippen LogP contribution in [0.15, 0.2) is 12.4 Å². The third-order valence-electron chi connectivity index (χ3n) is 3.02. The van der Waals surface area contributed by atoms with Gasteiger partial charge in [0.15, 0.2) is 0 Å². The lowest BCUT2D eigenvalue weighted by Gasteiger charge is -2.25. The largest absolute Gasteiger partial charge is 0.387 e. The Morgan fingerprint density at radius 3 is 2.87 bits per heavy atom. The number of rotatable bonds is 3. The van der Waals surface area contributed by atoms with Gasteiger partial charge in [-0.2, -0.15) is 0 Å². The van der Waals surface area contributed by atoms with Crippen LogP contribution in [0.25, 0.3) is 0 Å². The van der Waals surface area contributed by atoms with E-state index in [9.17, 15) is 5.11 Å². The van der Waals surface area contributed by atoms with Crippen LogP contribution in [0.4, 0.5) is 0 Å². The van der Waals surface area contributed by atoms with E-state index in [1.54, 1.807) is 17.1 Å². The molecule has 2 rings (SSSR count). The van der Waals surface area contributed by atoms with Crippen LogP contribution in [-0.2, 0) is 6.54 Å². The average molecular weight is 210 g/mol. The normalized spacial score (nSPS) is 27.7. The molecule has 0 aromatic carbocycles. The summed E-state index contributed by atoms with van der Waals surface area (Å²) >= 11 is 0. The minimum Gasteiger partial charge on any atom is -0.387 e. The van der Waals surface area contributed by atoms with Crippen molar-refractivity contribution in [3.63, 3.8) is 0 Å². The fourth-order valence-electron chi connectivity index (χ4n) is 2.08. The molecule has 1 aromatic heterocycles. The number of aliphatic hydroxyl groups is 1. The van der Waals surface area contributed by atoms with E-state index in [0.717, 1.165) is 19.5 Å². The monoisotopic (exact) mass is 210 g/mol. The molecular weight excluding hydrogens is 192 g/mol. The van der Waals surface area contributed by atoms with Crippen LogP contribution in [0.2, 0.25) is 0 Å². The predicted octanol–water partition coefficient (Wildman–Crippen LogP) is 0.123. The van der Waals surface area contributed by atoms with Gasteiger partial charge in [0.25, 0.3) is 0 Å². The quantitative estimate of drug-likeness (QED) is 0.770. The Kier molecular flexibility index (Phi) is 2.75. The molecule has 0 amide bonds. The molecule has 1 aliphatic heterocycles. The molecule has 0 saturated carbocycles. The van der Waals surface area contributed by atoms with Crippen LogP contribution in [0.5, 0.6) is 0 Å². The summed E-state index contributed by atoms with van der Waals surface area (Å²) in [6.45, 7) is 6.53. The topological polar surface area (TPSA) is 54.2 Å². The highest BCUT2D eigenvalue weighted by molar-refractivity contribution is 4.91. The summed E-state index contributed by atoms with van der Waals surface area (Å²) < 4.78 is 1.70. The van der Waals surface area contributed by atoms with Crippen LogP contribution in [0.1, 0.15) is 20.3 Å². The molecule has 1 aromatic rings. The molecule has 1 atom stereocenters. The van der Waals surface area contributed by atoms with Crippen LogP contribution < -0.4 is 0 Å². The standard InChI is InChI=1S/C10H18N4O/c1-9(2)13-5-3-10(15,7-13)8-14-6-4-11-12-14/h4,6,9,15H,3,5,7-8H2,1-2H3. The van der Waals surface area contributed by atoms with Gasteiger partial charge >= 0.3 is 0 Å². The zero-order valence-electron chi connectivity index (χ0n) is 9.30. The zero-order chi connectivity index (χ0) is 10.9. The summed E-state index contributed by atoms with van der Waals surface area (Å²) in [5.74, 6) is 0. The van der Waals surface area contributed by atoms with E-state index in [1.807, 2.05) is 0 Å². The van der Waals surface area contributed by atoms with Crippen molar-refractivity contribution in [1.82, 2.24) is 19.9 Å². The maximum Gasteiger partial charge on any atom is 0.0981 e. The van der Waals surface area contributed by atoms with E-state index in [2.05, 4.69) is 29.1 Å². The van der Waals surface area contributed by atoms with E-state index >= 15 is 0 Å². The second-order valence-electron chi connectivity index (χ2n) is 4.64. The van der Waals surface area contributed by atoms with Gasteiger partial charge in [-0.25, -0.2) is 4.68 Å². The van der Waals surface area contributed by atoms with Crippen molar-refractivity contribution in [3.05, 3.63) is 12.4 Å². The Hall–Kier alpha value is -0.940. The van der Waals surface area contributed by atoms with Crippen LogP contribution >= 0.6 is 0 Å². The smallest absolute Gasteiger partial charge is 0.0981 e. The second-order valence-corrected chi connectivity index (χ2v) is 4.64. The van der Waals surface area contributed by atoms with Gasteiger partial charge in [-0.15, -0.1) is 5.10 Å². The Morgan fingerprint density at radius 2 is 2.33 bits per heavy atom. The van der Waals surface area contributed by atoms with E-state index in [0.29, 0.717) is 12.6 Å². The molecular formula is C10H18N4O. The predicted molar refractivity (Wildman–Crippen MR) is 56.3 cm³/mol. The molecule has 5 heteroatoms. The molecule has 0 aliphatic carbocycles. The number of hydrogen-bond donors (Lipinski definition) is 1. The van der Waals surface area contributed by atoms with Crippen LogP contribution in [-0.4, -0.2) is 49.7 Å². The van der Waals surface area contributed by atoms with E-state index in [4.69, 9.17) is 0 Å². The first kappa shape index (κ1) is 10.6. The van der Waals surface area contributed by atoms with E-state index < -0.39 is 5.60 Å².